The number of allylic oxidation sites excluding steroid dienone is 2. The number of imide groups is 1. The zero-order chi connectivity index (χ0) is 30.4. The van der Waals surface area contributed by atoms with Crippen LogP contribution in [0.2, 0.25) is 5.02 Å². The molecule has 2 aliphatic rings. The second-order valence-corrected chi connectivity index (χ2v) is 11.5. The molecule has 0 radical (unpaired) electrons. The molecule has 7 nitrogen and oxygen atoms in total. The molecule has 3 unspecified atom stereocenters. The van der Waals surface area contributed by atoms with Gasteiger partial charge in [0.15, 0.2) is 6.10 Å². The number of benzene rings is 3. The summed E-state index contributed by atoms with van der Waals surface area (Å²) < 4.78 is 5.67. The maximum absolute atomic E-state index is 13.5. The number of anilines is 1. The quantitative estimate of drug-likeness (QED) is 0.103. The first kappa shape index (κ1) is 28.5. The fourth-order valence-electron chi connectivity index (χ4n) is 5.79. The van der Waals surface area contributed by atoms with Gasteiger partial charge in [-0.1, -0.05) is 71.8 Å². The van der Waals surface area contributed by atoms with E-state index in [1.54, 1.807) is 61.5 Å². The van der Waals surface area contributed by atoms with E-state index in [0.29, 0.717) is 56.8 Å². The normalized spacial score (nSPS) is 18.6. The Kier molecular flexibility index (Phi) is 7.44. The van der Waals surface area contributed by atoms with Crippen molar-refractivity contribution in [3.05, 3.63) is 106 Å². The van der Waals surface area contributed by atoms with Gasteiger partial charge in [-0.3, -0.25) is 19.3 Å². The second-order valence-electron chi connectivity index (χ2n) is 11.1. The molecule has 0 N–H and O–H groups in total. The van der Waals surface area contributed by atoms with E-state index in [4.69, 9.17) is 21.3 Å². The lowest BCUT2D eigenvalue weighted by atomic mass is 9.85. The van der Waals surface area contributed by atoms with Crippen molar-refractivity contribution in [3.63, 3.8) is 0 Å². The number of ether oxygens (including phenoxy) is 1. The number of pyridine rings is 1. The van der Waals surface area contributed by atoms with Gasteiger partial charge in [0.05, 0.1) is 34.3 Å². The van der Waals surface area contributed by atoms with E-state index in [2.05, 4.69) is 0 Å². The highest BCUT2D eigenvalue weighted by molar-refractivity contribution is 6.32. The van der Waals surface area contributed by atoms with Crippen LogP contribution in [0.5, 0.6) is 0 Å². The van der Waals surface area contributed by atoms with Crippen LogP contribution in [0, 0.1) is 25.7 Å². The summed E-state index contributed by atoms with van der Waals surface area (Å²) in [5.41, 5.74) is 4.59. The number of hydrogen-bond donors (Lipinski definition) is 0. The SMILES string of the molecule is Cc1ccc(C(=O)C(C)OC(=O)c2cc(-c3ccc(N4C(=O)C5CC=CCC5C4=O)cc3)nc3c(C)c(Cl)ccc23)cc1. The van der Waals surface area contributed by atoms with Crippen LogP contribution in [-0.4, -0.2) is 34.7 Å². The highest BCUT2D eigenvalue weighted by Gasteiger charge is 2.47. The van der Waals surface area contributed by atoms with Crippen molar-refractivity contribution in [2.45, 2.75) is 39.7 Å². The van der Waals surface area contributed by atoms with Crippen molar-refractivity contribution in [2.24, 2.45) is 11.8 Å². The van der Waals surface area contributed by atoms with E-state index in [9.17, 15) is 19.2 Å². The largest absolute Gasteiger partial charge is 0.451 e. The van der Waals surface area contributed by atoms with Gasteiger partial charge in [-0.05, 0) is 63.4 Å². The first-order chi connectivity index (χ1) is 20.6. The molecule has 2 amide bonds. The topological polar surface area (TPSA) is 93.6 Å². The number of aryl methyl sites for hydroxylation is 2. The van der Waals surface area contributed by atoms with Gasteiger partial charge < -0.3 is 4.74 Å². The first-order valence-corrected chi connectivity index (χ1v) is 14.6. The lowest BCUT2D eigenvalue weighted by Crippen LogP contribution is -2.30. The molecule has 6 rings (SSSR count). The highest BCUT2D eigenvalue weighted by atomic mass is 35.5. The number of rotatable bonds is 6. The predicted molar refractivity (Wildman–Crippen MR) is 165 cm³/mol. The molecule has 1 aliphatic heterocycles. The van der Waals surface area contributed by atoms with Crippen molar-refractivity contribution in [1.82, 2.24) is 4.98 Å². The average molecular weight is 593 g/mol. The number of Topliss-reactive ketones (excluding diaryl/α,β-unsaturated/α-hetero) is 1. The van der Waals surface area contributed by atoms with Gasteiger partial charge in [-0.2, -0.15) is 0 Å². The molecule has 2 heterocycles. The number of fused-ring (bicyclic) bond motifs is 2. The van der Waals surface area contributed by atoms with Crippen LogP contribution in [0.15, 0.2) is 78.9 Å². The van der Waals surface area contributed by atoms with Gasteiger partial charge in [-0.15, -0.1) is 0 Å². The fraction of sp³-hybridized carbons (Fsp3) is 0.229. The molecule has 4 aromatic rings. The first-order valence-electron chi connectivity index (χ1n) is 14.2. The molecule has 3 atom stereocenters. The summed E-state index contributed by atoms with van der Waals surface area (Å²) in [6, 6.07) is 19.1. The van der Waals surface area contributed by atoms with Crippen molar-refractivity contribution in [3.8, 4) is 11.3 Å². The Labute approximate surface area is 254 Å². The minimum Gasteiger partial charge on any atom is -0.451 e. The lowest BCUT2D eigenvalue weighted by molar-refractivity contribution is -0.122. The van der Waals surface area contributed by atoms with Crippen molar-refractivity contribution < 1.29 is 23.9 Å². The van der Waals surface area contributed by atoms with Gasteiger partial charge in [0.2, 0.25) is 17.6 Å². The molecule has 0 saturated carbocycles. The fourth-order valence-corrected chi connectivity index (χ4v) is 5.94. The molecule has 1 aromatic heterocycles. The molecule has 8 heteroatoms. The third-order valence-electron chi connectivity index (χ3n) is 8.31. The van der Waals surface area contributed by atoms with Crippen LogP contribution in [0.3, 0.4) is 0 Å². The van der Waals surface area contributed by atoms with E-state index in [0.717, 1.165) is 5.56 Å². The second kappa shape index (κ2) is 11.2. The summed E-state index contributed by atoms with van der Waals surface area (Å²) in [6.45, 7) is 5.31. The Morgan fingerprint density at radius 3 is 2.16 bits per heavy atom. The summed E-state index contributed by atoms with van der Waals surface area (Å²) in [7, 11) is 0. The minimum atomic E-state index is -1.01. The molecule has 3 aromatic carbocycles. The van der Waals surface area contributed by atoms with Crippen molar-refractivity contribution in [2.75, 3.05) is 4.90 Å². The number of carbonyl (C=O) groups is 4. The monoisotopic (exact) mass is 592 g/mol. The van der Waals surface area contributed by atoms with E-state index < -0.39 is 12.1 Å². The Bertz CT molecular complexity index is 1800. The highest BCUT2D eigenvalue weighted by Crippen LogP contribution is 2.38. The minimum absolute atomic E-state index is 0.180. The van der Waals surface area contributed by atoms with Crippen molar-refractivity contribution >= 4 is 51.8 Å². The smallest absolute Gasteiger partial charge is 0.339 e. The number of ketones is 1. The van der Waals surface area contributed by atoms with Crippen LogP contribution >= 0.6 is 11.6 Å². The van der Waals surface area contributed by atoms with Gasteiger partial charge in [0, 0.05) is 21.5 Å². The standard InChI is InChI=1S/C35H29ClN2O5/c1-19-8-10-23(11-9-19)32(39)21(3)43-35(42)28-18-30(37-31-20(2)29(36)17-16-25(28)31)22-12-14-24(15-13-22)38-33(40)26-6-4-5-7-27(26)34(38)41/h4-5,8-18,21,26-27H,6-7H2,1-3H3. The zero-order valence-corrected chi connectivity index (χ0v) is 24.7. The zero-order valence-electron chi connectivity index (χ0n) is 24.0. The predicted octanol–water partition coefficient (Wildman–Crippen LogP) is 7.06. The van der Waals surface area contributed by atoms with E-state index in [1.807, 2.05) is 38.1 Å². The van der Waals surface area contributed by atoms with Crippen LogP contribution in [0.4, 0.5) is 5.69 Å². The molecule has 1 saturated heterocycles. The molecular weight excluding hydrogens is 564 g/mol. The number of aromatic nitrogens is 1. The van der Waals surface area contributed by atoms with E-state index in [1.165, 1.54) is 4.90 Å². The number of hydrogen-bond acceptors (Lipinski definition) is 6. The number of esters is 1. The molecule has 0 bridgehead atoms. The lowest BCUT2D eigenvalue weighted by Gasteiger charge is -2.17. The van der Waals surface area contributed by atoms with Crippen LogP contribution in [-0.2, 0) is 14.3 Å². The van der Waals surface area contributed by atoms with E-state index in [-0.39, 0.29) is 35.0 Å². The van der Waals surface area contributed by atoms with Gasteiger partial charge in [0.25, 0.3) is 0 Å². The van der Waals surface area contributed by atoms with Crippen LogP contribution in [0.1, 0.15) is 51.6 Å². The van der Waals surface area contributed by atoms with Gasteiger partial charge >= 0.3 is 5.97 Å². The Morgan fingerprint density at radius 1 is 0.907 bits per heavy atom. The molecule has 43 heavy (non-hydrogen) atoms. The number of halogens is 1. The Hall–Kier alpha value is -4.62. The van der Waals surface area contributed by atoms with Crippen LogP contribution < -0.4 is 4.90 Å². The number of nitrogens with zero attached hydrogens (tertiary/aromatic N) is 2. The number of amides is 2. The summed E-state index contributed by atoms with van der Waals surface area (Å²) in [5, 5.41) is 1.04. The summed E-state index contributed by atoms with van der Waals surface area (Å²) in [5.74, 6) is -1.96. The summed E-state index contributed by atoms with van der Waals surface area (Å²) in [6.07, 6.45) is 4.05. The summed E-state index contributed by atoms with van der Waals surface area (Å²) in [4.78, 5) is 58.7. The van der Waals surface area contributed by atoms with E-state index >= 15 is 0 Å². The maximum atomic E-state index is 13.5. The molecule has 0 spiro atoms. The number of carbonyl (C=O) groups excluding carboxylic acids is 4. The molecular formula is C35H29ClN2O5. The van der Waals surface area contributed by atoms with Gasteiger partial charge in [-0.25, -0.2) is 9.78 Å². The van der Waals surface area contributed by atoms with Gasteiger partial charge in [0.1, 0.15) is 0 Å². The van der Waals surface area contributed by atoms with Crippen molar-refractivity contribution in [1.29, 1.82) is 0 Å². The maximum Gasteiger partial charge on any atom is 0.339 e. The molecule has 1 fully saturated rings. The molecule has 216 valence electrons. The van der Waals surface area contributed by atoms with Crippen LogP contribution in [0.25, 0.3) is 22.2 Å². The third-order valence-corrected chi connectivity index (χ3v) is 8.72. The third kappa shape index (κ3) is 5.14. The Morgan fingerprint density at radius 2 is 1.53 bits per heavy atom. The Balaban J connectivity index is 1.33. The summed E-state index contributed by atoms with van der Waals surface area (Å²) >= 11 is 6.42. The average Bonchev–Trinajstić information content (AvgIpc) is 3.27. The molecule has 1 aliphatic carbocycles.